The number of hydrogen-bond acceptors (Lipinski definition) is 6. The zero-order valence-corrected chi connectivity index (χ0v) is 23.8. The minimum Gasteiger partial charge on any atom is -0.423 e. The molecule has 0 saturated carbocycles. The monoisotopic (exact) mass is 587 g/mol. The lowest BCUT2D eigenvalue weighted by Crippen LogP contribution is -2.36. The number of ether oxygens (including phenoxy) is 1. The summed E-state index contributed by atoms with van der Waals surface area (Å²) in [5, 5.41) is 0.696. The Labute approximate surface area is 242 Å². The first-order valence-corrected chi connectivity index (χ1v) is 14.6. The molecule has 0 bridgehead atoms. The Balaban J connectivity index is 1.47. The van der Waals surface area contributed by atoms with Crippen LogP contribution >= 0.6 is 11.6 Å². The second-order valence-corrected chi connectivity index (χ2v) is 11.8. The van der Waals surface area contributed by atoms with Crippen LogP contribution < -0.4 is 15.1 Å². The number of esters is 1. The summed E-state index contributed by atoms with van der Waals surface area (Å²) in [6, 6.07) is 25.7. The Morgan fingerprint density at radius 1 is 0.927 bits per heavy atom. The maximum atomic E-state index is 13.5. The van der Waals surface area contributed by atoms with Gasteiger partial charge >= 0.3 is 11.6 Å². The number of carbonyl (C=O) groups is 1. The second kappa shape index (κ2) is 11.7. The number of fused-ring (bicyclic) bond motifs is 1. The fourth-order valence-electron chi connectivity index (χ4n) is 4.48. The van der Waals surface area contributed by atoms with Crippen LogP contribution in [0.1, 0.15) is 33.9 Å². The van der Waals surface area contributed by atoms with E-state index in [1.807, 2.05) is 44.2 Å². The molecule has 1 N–H and O–H groups in total. The fraction of sp³-hybridized carbons (Fsp3) is 0.125. The van der Waals surface area contributed by atoms with E-state index in [2.05, 4.69) is 4.72 Å². The van der Waals surface area contributed by atoms with E-state index in [4.69, 9.17) is 20.8 Å². The maximum absolute atomic E-state index is 13.5. The highest BCUT2D eigenvalue weighted by Crippen LogP contribution is 2.33. The molecule has 0 aliphatic carbocycles. The third-order valence-corrected chi connectivity index (χ3v) is 8.48. The quantitative estimate of drug-likeness (QED) is 0.130. The lowest BCUT2D eigenvalue weighted by Gasteiger charge is -2.19. The first-order valence-electron chi connectivity index (χ1n) is 12.8. The van der Waals surface area contributed by atoms with Crippen LogP contribution in [0.5, 0.6) is 5.75 Å². The summed E-state index contributed by atoms with van der Waals surface area (Å²) < 4.78 is 40.0. The van der Waals surface area contributed by atoms with Gasteiger partial charge in [0, 0.05) is 23.4 Å². The Morgan fingerprint density at radius 3 is 2.22 bits per heavy atom. The summed E-state index contributed by atoms with van der Waals surface area (Å²) in [5.41, 5.74) is 3.10. The van der Waals surface area contributed by atoms with Crippen LogP contribution in [0.2, 0.25) is 5.02 Å². The molecule has 0 spiro atoms. The first-order chi connectivity index (χ1) is 19.6. The van der Waals surface area contributed by atoms with Crippen LogP contribution in [0.25, 0.3) is 11.0 Å². The molecule has 7 nitrogen and oxygen atoms in total. The zero-order chi connectivity index (χ0) is 29.1. The molecule has 1 unspecified atom stereocenters. The highest BCUT2D eigenvalue weighted by atomic mass is 35.5. The lowest BCUT2D eigenvalue weighted by atomic mass is 9.99. The van der Waals surface area contributed by atoms with Gasteiger partial charge in [0.25, 0.3) is 0 Å². The lowest BCUT2D eigenvalue weighted by molar-refractivity contribution is -0.136. The average Bonchev–Trinajstić information content (AvgIpc) is 2.96. The van der Waals surface area contributed by atoms with Gasteiger partial charge in [-0.2, -0.15) is 4.72 Å². The molecular formula is C32H26ClNO6S. The van der Waals surface area contributed by atoms with E-state index in [9.17, 15) is 18.0 Å². The third-order valence-electron chi connectivity index (χ3n) is 6.75. The average molecular weight is 588 g/mol. The normalized spacial score (nSPS) is 12.3. The zero-order valence-electron chi connectivity index (χ0n) is 22.3. The molecule has 5 rings (SSSR count). The molecule has 5 aromatic rings. The van der Waals surface area contributed by atoms with Crippen LogP contribution in [0.3, 0.4) is 0 Å². The largest absolute Gasteiger partial charge is 0.423 e. The Kier molecular flexibility index (Phi) is 8.08. The second-order valence-electron chi connectivity index (χ2n) is 9.63. The molecule has 208 valence electrons. The van der Waals surface area contributed by atoms with Gasteiger partial charge in [0.15, 0.2) is 5.75 Å². The number of hydrogen-bond donors (Lipinski definition) is 1. The highest BCUT2D eigenvalue weighted by Gasteiger charge is 2.30. The van der Waals surface area contributed by atoms with Crippen LogP contribution in [0.4, 0.5) is 0 Å². The molecule has 0 radical (unpaired) electrons. The van der Waals surface area contributed by atoms with E-state index < -0.39 is 27.7 Å². The number of benzene rings is 4. The molecule has 0 aliphatic heterocycles. The van der Waals surface area contributed by atoms with Gasteiger partial charge in [-0.1, -0.05) is 90.0 Å². The number of halogens is 1. The molecule has 0 aliphatic rings. The van der Waals surface area contributed by atoms with Crippen LogP contribution in [0, 0.1) is 13.8 Å². The predicted molar refractivity (Wildman–Crippen MR) is 158 cm³/mol. The summed E-state index contributed by atoms with van der Waals surface area (Å²) >= 11 is 6.53. The van der Waals surface area contributed by atoms with Gasteiger partial charge < -0.3 is 9.15 Å². The van der Waals surface area contributed by atoms with E-state index in [0.717, 1.165) is 11.1 Å². The number of carbonyl (C=O) groups excluding carboxylic acids is 1. The van der Waals surface area contributed by atoms with E-state index >= 15 is 0 Å². The Hall–Kier alpha value is -4.24. The van der Waals surface area contributed by atoms with Gasteiger partial charge in [-0.25, -0.2) is 18.0 Å². The van der Waals surface area contributed by atoms with Crippen molar-refractivity contribution >= 4 is 38.6 Å². The van der Waals surface area contributed by atoms with Crippen molar-refractivity contribution in [3.8, 4) is 5.75 Å². The summed E-state index contributed by atoms with van der Waals surface area (Å²) in [4.78, 5) is 26.4. The van der Waals surface area contributed by atoms with Gasteiger partial charge in [0.1, 0.15) is 11.6 Å². The number of nitrogens with one attached hydrogen (secondary N) is 1. The SMILES string of the molecule is Cc1ccc(S(=O)(=O)NC(C(=O)Oc2cc3oc(=O)c(Cc4ccccc4)c(C)c3cc2Cl)c2ccccc2)cc1. The number of rotatable bonds is 8. The van der Waals surface area contributed by atoms with E-state index in [0.29, 0.717) is 28.5 Å². The number of aryl methyl sites for hydroxylation is 2. The standard InChI is InChI=1S/C32H26ClNO6S/c1-20-13-15-24(16-14-20)41(37,38)34-30(23-11-7-4-8-12-23)32(36)40-29-19-28-25(18-27(29)33)21(2)26(31(35)39-28)17-22-9-5-3-6-10-22/h3-16,18-19,30,34H,17H2,1-2H3. The van der Waals surface area contributed by atoms with Crippen molar-refractivity contribution in [2.24, 2.45) is 0 Å². The predicted octanol–water partition coefficient (Wildman–Crippen LogP) is 6.28. The smallest absolute Gasteiger partial charge is 0.340 e. The molecule has 1 heterocycles. The van der Waals surface area contributed by atoms with Gasteiger partial charge in [-0.05, 0) is 48.7 Å². The molecule has 0 fully saturated rings. The summed E-state index contributed by atoms with van der Waals surface area (Å²) in [6.45, 7) is 3.65. The molecule has 0 amide bonds. The van der Waals surface area contributed by atoms with E-state index in [1.165, 1.54) is 18.2 Å². The van der Waals surface area contributed by atoms with Crippen molar-refractivity contribution in [3.63, 3.8) is 0 Å². The van der Waals surface area contributed by atoms with Crippen molar-refractivity contribution in [3.05, 3.63) is 140 Å². The van der Waals surface area contributed by atoms with E-state index in [1.54, 1.807) is 48.5 Å². The van der Waals surface area contributed by atoms with Crippen molar-refractivity contribution in [1.82, 2.24) is 4.72 Å². The minimum atomic E-state index is -4.09. The summed E-state index contributed by atoms with van der Waals surface area (Å²) in [6.07, 6.45) is 0.388. The summed E-state index contributed by atoms with van der Waals surface area (Å²) in [7, 11) is -4.09. The van der Waals surface area contributed by atoms with Gasteiger partial charge in [-0.3, -0.25) is 0 Å². The number of sulfonamides is 1. The Morgan fingerprint density at radius 2 is 1.56 bits per heavy atom. The third kappa shape index (κ3) is 6.25. The molecule has 1 atom stereocenters. The van der Waals surface area contributed by atoms with Gasteiger partial charge in [0.2, 0.25) is 10.0 Å². The summed E-state index contributed by atoms with van der Waals surface area (Å²) in [5.74, 6) is -0.981. The van der Waals surface area contributed by atoms with E-state index in [-0.39, 0.29) is 21.3 Å². The molecular weight excluding hydrogens is 562 g/mol. The Bertz CT molecular complexity index is 1890. The maximum Gasteiger partial charge on any atom is 0.340 e. The van der Waals surface area contributed by atoms with Crippen LogP contribution in [-0.2, 0) is 21.2 Å². The highest BCUT2D eigenvalue weighted by molar-refractivity contribution is 7.89. The van der Waals surface area contributed by atoms with Gasteiger partial charge in [0.05, 0.1) is 9.92 Å². The van der Waals surface area contributed by atoms with Crippen molar-refractivity contribution in [2.45, 2.75) is 31.2 Å². The molecule has 41 heavy (non-hydrogen) atoms. The van der Waals surface area contributed by atoms with Crippen LogP contribution in [0.15, 0.2) is 111 Å². The minimum absolute atomic E-state index is 0.00382. The molecule has 9 heteroatoms. The topological polar surface area (TPSA) is 103 Å². The molecule has 1 aromatic heterocycles. The molecule has 0 saturated heterocycles. The van der Waals surface area contributed by atoms with Crippen molar-refractivity contribution in [1.29, 1.82) is 0 Å². The first kappa shape index (κ1) is 28.3. The van der Waals surface area contributed by atoms with Crippen molar-refractivity contribution < 1.29 is 22.4 Å². The van der Waals surface area contributed by atoms with Crippen molar-refractivity contribution in [2.75, 3.05) is 0 Å². The molecule has 4 aromatic carbocycles. The van der Waals surface area contributed by atoms with Crippen LogP contribution in [-0.4, -0.2) is 14.4 Å². The fourth-order valence-corrected chi connectivity index (χ4v) is 5.85. The van der Waals surface area contributed by atoms with Gasteiger partial charge in [-0.15, -0.1) is 0 Å².